The van der Waals surface area contributed by atoms with Crippen molar-refractivity contribution in [1.82, 2.24) is 10.0 Å². The SMILES string of the molecule is CNCc1ccc(S(=O)(=O)NCC2CC(O)C2)o1. The van der Waals surface area contributed by atoms with Crippen LogP contribution in [0.15, 0.2) is 21.6 Å². The van der Waals surface area contributed by atoms with Crippen molar-refractivity contribution < 1.29 is 17.9 Å². The lowest BCUT2D eigenvalue weighted by Crippen LogP contribution is -2.38. The summed E-state index contributed by atoms with van der Waals surface area (Å²) in [6.07, 6.45) is 1.04. The van der Waals surface area contributed by atoms with Crippen molar-refractivity contribution in [3.8, 4) is 0 Å². The Bertz CT molecular complexity index is 491. The molecule has 1 heterocycles. The summed E-state index contributed by atoms with van der Waals surface area (Å²) >= 11 is 0. The molecular formula is C11H18N2O4S. The molecule has 1 aliphatic rings. The van der Waals surface area contributed by atoms with Crippen LogP contribution in [0.25, 0.3) is 0 Å². The Morgan fingerprint density at radius 2 is 2.17 bits per heavy atom. The van der Waals surface area contributed by atoms with Crippen molar-refractivity contribution in [3.63, 3.8) is 0 Å². The maximum atomic E-state index is 11.9. The first-order chi connectivity index (χ1) is 8.51. The fraction of sp³-hybridized carbons (Fsp3) is 0.636. The molecule has 0 atom stereocenters. The van der Waals surface area contributed by atoms with Crippen molar-refractivity contribution >= 4 is 10.0 Å². The Labute approximate surface area is 106 Å². The second kappa shape index (κ2) is 5.40. The normalized spacial score (nSPS) is 23.9. The first-order valence-electron chi connectivity index (χ1n) is 5.92. The Balaban J connectivity index is 1.92. The summed E-state index contributed by atoms with van der Waals surface area (Å²) < 4.78 is 31.5. The number of hydrogen-bond acceptors (Lipinski definition) is 5. The predicted octanol–water partition coefficient (Wildman–Crippen LogP) is 0.0482. The Kier molecular flexibility index (Phi) is 4.06. The van der Waals surface area contributed by atoms with Crippen LogP contribution in [-0.4, -0.2) is 33.2 Å². The van der Waals surface area contributed by atoms with Gasteiger partial charge < -0.3 is 14.8 Å². The fourth-order valence-corrected chi connectivity index (χ4v) is 3.00. The van der Waals surface area contributed by atoms with E-state index in [1.807, 2.05) is 0 Å². The van der Waals surface area contributed by atoms with Crippen molar-refractivity contribution in [2.24, 2.45) is 5.92 Å². The van der Waals surface area contributed by atoms with Gasteiger partial charge in [0.05, 0.1) is 12.6 Å². The molecule has 1 saturated carbocycles. The molecule has 1 fully saturated rings. The third-order valence-electron chi connectivity index (χ3n) is 3.03. The van der Waals surface area contributed by atoms with Gasteiger partial charge in [-0.3, -0.25) is 0 Å². The van der Waals surface area contributed by atoms with Crippen molar-refractivity contribution in [3.05, 3.63) is 17.9 Å². The Hall–Kier alpha value is -0.890. The van der Waals surface area contributed by atoms with Crippen molar-refractivity contribution in [2.45, 2.75) is 30.6 Å². The molecule has 0 amide bonds. The minimum atomic E-state index is -3.57. The van der Waals surface area contributed by atoms with Crippen LogP contribution in [0, 0.1) is 5.92 Å². The van der Waals surface area contributed by atoms with E-state index in [0.717, 1.165) is 0 Å². The first-order valence-corrected chi connectivity index (χ1v) is 7.40. The molecule has 1 aromatic rings. The van der Waals surface area contributed by atoms with Gasteiger partial charge in [0.1, 0.15) is 5.76 Å². The number of nitrogens with one attached hydrogen (secondary N) is 2. The number of hydrogen-bond donors (Lipinski definition) is 3. The van der Waals surface area contributed by atoms with Gasteiger partial charge in [-0.25, -0.2) is 13.1 Å². The minimum Gasteiger partial charge on any atom is -0.447 e. The van der Waals surface area contributed by atoms with Crippen molar-refractivity contribution in [1.29, 1.82) is 0 Å². The maximum absolute atomic E-state index is 11.9. The quantitative estimate of drug-likeness (QED) is 0.681. The molecule has 102 valence electrons. The molecule has 0 unspecified atom stereocenters. The highest BCUT2D eigenvalue weighted by atomic mass is 32.2. The molecule has 0 spiro atoms. The summed E-state index contributed by atoms with van der Waals surface area (Å²) in [5.41, 5.74) is 0. The standard InChI is InChI=1S/C11H18N2O4S/c1-12-7-10-2-3-11(17-10)18(15,16)13-6-8-4-9(14)5-8/h2-3,8-9,12-14H,4-7H2,1H3. The van der Waals surface area contributed by atoms with E-state index in [2.05, 4.69) is 10.0 Å². The topological polar surface area (TPSA) is 91.6 Å². The molecule has 0 aliphatic heterocycles. The lowest BCUT2D eigenvalue weighted by Gasteiger charge is -2.31. The third kappa shape index (κ3) is 3.11. The lowest BCUT2D eigenvalue weighted by molar-refractivity contribution is 0.0453. The summed E-state index contributed by atoms with van der Waals surface area (Å²) in [5.74, 6) is 0.804. The van der Waals surface area contributed by atoms with Gasteiger partial charge in [-0.15, -0.1) is 0 Å². The molecule has 1 aromatic heterocycles. The number of aliphatic hydroxyl groups is 1. The second-order valence-corrected chi connectivity index (χ2v) is 6.29. The average Bonchev–Trinajstić information content (AvgIpc) is 2.73. The van der Waals surface area contributed by atoms with Crippen LogP contribution in [0.3, 0.4) is 0 Å². The maximum Gasteiger partial charge on any atom is 0.273 e. The van der Waals surface area contributed by atoms with Gasteiger partial charge in [-0.1, -0.05) is 0 Å². The van der Waals surface area contributed by atoms with Crippen LogP contribution in [0.1, 0.15) is 18.6 Å². The van der Waals surface area contributed by atoms with E-state index >= 15 is 0 Å². The smallest absolute Gasteiger partial charge is 0.273 e. The van der Waals surface area contributed by atoms with Gasteiger partial charge in [-0.2, -0.15) is 0 Å². The van der Waals surface area contributed by atoms with Gasteiger partial charge in [0.25, 0.3) is 10.0 Å². The largest absolute Gasteiger partial charge is 0.447 e. The Morgan fingerprint density at radius 3 is 2.78 bits per heavy atom. The molecule has 6 nitrogen and oxygen atoms in total. The average molecular weight is 274 g/mol. The molecule has 0 radical (unpaired) electrons. The zero-order chi connectivity index (χ0) is 13.2. The predicted molar refractivity (Wildman–Crippen MR) is 65.4 cm³/mol. The zero-order valence-corrected chi connectivity index (χ0v) is 11.0. The summed E-state index contributed by atoms with van der Waals surface area (Å²) in [4.78, 5) is 0. The number of sulfonamides is 1. The van der Waals surface area contributed by atoms with Gasteiger partial charge in [-0.05, 0) is 37.9 Å². The highest BCUT2D eigenvalue weighted by molar-refractivity contribution is 7.89. The van der Waals surface area contributed by atoms with E-state index in [-0.39, 0.29) is 17.1 Å². The number of furan rings is 1. The van der Waals surface area contributed by atoms with E-state index in [9.17, 15) is 8.42 Å². The lowest BCUT2D eigenvalue weighted by atomic mass is 9.83. The summed E-state index contributed by atoms with van der Waals surface area (Å²) in [6, 6.07) is 3.09. The number of rotatable bonds is 6. The second-order valence-electron chi connectivity index (χ2n) is 4.59. The van der Waals surface area contributed by atoms with E-state index < -0.39 is 10.0 Å². The van der Waals surface area contributed by atoms with Crippen LogP contribution in [0.5, 0.6) is 0 Å². The van der Waals surface area contributed by atoms with Crippen LogP contribution in [-0.2, 0) is 16.6 Å². The van der Waals surface area contributed by atoms with Gasteiger partial charge in [0.2, 0.25) is 5.09 Å². The molecule has 1 aliphatic carbocycles. The highest BCUT2D eigenvalue weighted by Gasteiger charge is 2.29. The van der Waals surface area contributed by atoms with Gasteiger partial charge in [0.15, 0.2) is 0 Å². The van der Waals surface area contributed by atoms with Crippen molar-refractivity contribution in [2.75, 3.05) is 13.6 Å². The summed E-state index contributed by atoms with van der Waals surface area (Å²) in [6.45, 7) is 0.839. The minimum absolute atomic E-state index is 0.0624. The van der Waals surface area contributed by atoms with Gasteiger partial charge >= 0.3 is 0 Å². The first kappa shape index (κ1) is 13.5. The molecule has 0 aromatic carbocycles. The molecule has 2 rings (SSSR count). The molecule has 0 saturated heterocycles. The molecule has 0 bridgehead atoms. The van der Waals surface area contributed by atoms with E-state index in [1.54, 1.807) is 13.1 Å². The van der Waals surface area contributed by atoms with Crippen LogP contribution < -0.4 is 10.0 Å². The third-order valence-corrected chi connectivity index (χ3v) is 4.32. The van der Waals surface area contributed by atoms with Gasteiger partial charge in [0, 0.05) is 6.54 Å². The molecule has 18 heavy (non-hydrogen) atoms. The fourth-order valence-electron chi connectivity index (χ4n) is 1.94. The summed E-state index contributed by atoms with van der Waals surface area (Å²) in [5, 5.41) is 11.9. The van der Waals surface area contributed by atoms with E-state index in [4.69, 9.17) is 9.52 Å². The van der Waals surface area contributed by atoms with Crippen LogP contribution in [0.2, 0.25) is 0 Å². The molecular weight excluding hydrogens is 256 g/mol. The Morgan fingerprint density at radius 1 is 1.44 bits per heavy atom. The molecule has 3 N–H and O–H groups in total. The van der Waals surface area contributed by atoms with Crippen LogP contribution >= 0.6 is 0 Å². The summed E-state index contributed by atoms with van der Waals surface area (Å²) in [7, 11) is -1.81. The van der Waals surface area contributed by atoms with Crippen LogP contribution in [0.4, 0.5) is 0 Å². The molecule has 7 heteroatoms. The van der Waals surface area contributed by atoms with E-state index in [1.165, 1.54) is 6.07 Å². The van der Waals surface area contributed by atoms with E-state index in [0.29, 0.717) is 31.7 Å². The zero-order valence-electron chi connectivity index (χ0n) is 10.2. The highest BCUT2D eigenvalue weighted by Crippen LogP contribution is 2.26. The monoisotopic (exact) mass is 274 g/mol. The number of aliphatic hydroxyl groups excluding tert-OH is 1.